The summed E-state index contributed by atoms with van der Waals surface area (Å²) in [7, 11) is 1.52. The highest BCUT2D eigenvalue weighted by atomic mass is 16.5. The lowest BCUT2D eigenvalue weighted by molar-refractivity contribution is 0.102. The Morgan fingerprint density at radius 1 is 1.09 bits per heavy atom. The molecule has 186 valence electrons. The molecular weight excluding hydrogens is 446 g/mol. The summed E-state index contributed by atoms with van der Waals surface area (Å²) in [5, 5.41) is 5.86. The zero-order valence-corrected chi connectivity index (χ0v) is 20.6. The van der Waals surface area contributed by atoms with E-state index in [1.807, 2.05) is 42.5 Å². The Bertz CT molecular complexity index is 1230. The maximum absolute atomic E-state index is 13.2. The summed E-state index contributed by atoms with van der Waals surface area (Å²) in [6, 6.07) is 17.1. The highest BCUT2D eigenvalue weighted by Gasteiger charge is 2.19. The van der Waals surface area contributed by atoms with Crippen LogP contribution in [0.1, 0.15) is 36.7 Å². The van der Waals surface area contributed by atoms with Crippen LogP contribution in [-0.2, 0) is 17.8 Å². The summed E-state index contributed by atoms with van der Waals surface area (Å²) in [4.78, 5) is 43.0. The van der Waals surface area contributed by atoms with Gasteiger partial charge in [0.2, 0.25) is 0 Å². The van der Waals surface area contributed by atoms with Crippen molar-refractivity contribution in [2.45, 2.75) is 39.9 Å². The average Bonchev–Trinajstić information content (AvgIpc) is 2.84. The van der Waals surface area contributed by atoms with Crippen LogP contribution in [-0.4, -0.2) is 41.8 Å². The SMILES string of the molecule is CCN(c1ccc(C(=O)Nc2c(NCc3ccccc3)c(=O)[nH]c(=O)n2CCOC)cc1)C(C)C. The van der Waals surface area contributed by atoms with Crippen molar-refractivity contribution in [1.29, 1.82) is 0 Å². The molecule has 1 amide bonds. The smallest absolute Gasteiger partial charge is 0.330 e. The molecule has 0 aliphatic heterocycles. The van der Waals surface area contributed by atoms with Crippen molar-refractivity contribution >= 4 is 23.1 Å². The number of rotatable bonds is 11. The largest absolute Gasteiger partial charge is 0.383 e. The zero-order chi connectivity index (χ0) is 25.4. The minimum Gasteiger partial charge on any atom is -0.383 e. The van der Waals surface area contributed by atoms with Crippen LogP contribution in [0.2, 0.25) is 0 Å². The van der Waals surface area contributed by atoms with Gasteiger partial charge in [-0.3, -0.25) is 19.1 Å². The predicted molar refractivity (Wildman–Crippen MR) is 140 cm³/mol. The van der Waals surface area contributed by atoms with Crippen LogP contribution >= 0.6 is 0 Å². The second kappa shape index (κ2) is 12.0. The third-order valence-electron chi connectivity index (χ3n) is 5.69. The number of H-pyrrole nitrogens is 1. The topological polar surface area (TPSA) is 108 Å². The zero-order valence-electron chi connectivity index (χ0n) is 20.6. The van der Waals surface area contributed by atoms with Gasteiger partial charge in [0.15, 0.2) is 0 Å². The Morgan fingerprint density at radius 3 is 2.37 bits per heavy atom. The van der Waals surface area contributed by atoms with E-state index in [1.54, 1.807) is 12.1 Å². The summed E-state index contributed by atoms with van der Waals surface area (Å²) in [6.07, 6.45) is 0. The molecule has 1 heterocycles. The van der Waals surface area contributed by atoms with E-state index in [-0.39, 0.29) is 24.7 Å². The van der Waals surface area contributed by atoms with Gasteiger partial charge in [0.1, 0.15) is 11.5 Å². The minimum atomic E-state index is -0.626. The average molecular weight is 480 g/mol. The van der Waals surface area contributed by atoms with Crippen LogP contribution < -0.4 is 26.8 Å². The van der Waals surface area contributed by atoms with E-state index in [2.05, 4.69) is 41.3 Å². The number of amides is 1. The van der Waals surface area contributed by atoms with Crippen molar-refractivity contribution in [3.8, 4) is 0 Å². The second-order valence-electron chi connectivity index (χ2n) is 8.35. The fourth-order valence-electron chi connectivity index (χ4n) is 3.88. The van der Waals surface area contributed by atoms with Crippen molar-refractivity contribution in [3.63, 3.8) is 0 Å². The first-order valence-electron chi connectivity index (χ1n) is 11.7. The van der Waals surface area contributed by atoms with Gasteiger partial charge in [0.05, 0.1) is 13.2 Å². The number of methoxy groups -OCH3 is 1. The molecule has 0 fully saturated rings. The lowest BCUT2D eigenvalue weighted by Crippen LogP contribution is -2.36. The highest BCUT2D eigenvalue weighted by Crippen LogP contribution is 2.21. The number of aromatic nitrogens is 2. The predicted octanol–water partition coefficient (Wildman–Crippen LogP) is 3.28. The highest BCUT2D eigenvalue weighted by molar-refractivity contribution is 6.05. The summed E-state index contributed by atoms with van der Waals surface area (Å²) in [6.45, 7) is 7.87. The molecule has 0 spiro atoms. The van der Waals surface area contributed by atoms with Crippen molar-refractivity contribution < 1.29 is 9.53 Å². The molecule has 0 unspecified atom stereocenters. The Hall–Kier alpha value is -3.85. The van der Waals surface area contributed by atoms with Crippen LogP contribution in [0.5, 0.6) is 0 Å². The molecule has 2 aromatic carbocycles. The molecule has 0 aliphatic carbocycles. The maximum Gasteiger partial charge on any atom is 0.330 e. The number of hydrogen-bond acceptors (Lipinski definition) is 6. The maximum atomic E-state index is 13.2. The van der Waals surface area contributed by atoms with Crippen molar-refractivity contribution in [3.05, 3.63) is 86.6 Å². The summed E-state index contributed by atoms with van der Waals surface area (Å²) in [5.41, 5.74) is 1.23. The molecule has 3 rings (SSSR count). The van der Waals surface area contributed by atoms with Gasteiger partial charge in [0, 0.05) is 37.5 Å². The third-order valence-corrected chi connectivity index (χ3v) is 5.69. The lowest BCUT2D eigenvalue weighted by atomic mass is 10.1. The van der Waals surface area contributed by atoms with Gasteiger partial charge in [-0.2, -0.15) is 0 Å². The van der Waals surface area contributed by atoms with Gasteiger partial charge in [-0.25, -0.2) is 4.79 Å². The molecule has 35 heavy (non-hydrogen) atoms. The molecule has 0 saturated heterocycles. The number of anilines is 3. The number of aromatic amines is 1. The van der Waals surface area contributed by atoms with Crippen LogP contribution in [0.3, 0.4) is 0 Å². The molecule has 9 nitrogen and oxygen atoms in total. The second-order valence-corrected chi connectivity index (χ2v) is 8.35. The Morgan fingerprint density at radius 2 is 1.77 bits per heavy atom. The molecule has 3 aromatic rings. The number of nitrogens with zero attached hydrogens (tertiary/aromatic N) is 2. The van der Waals surface area contributed by atoms with Gasteiger partial charge in [0.25, 0.3) is 11.5 Å². The number of hydrogen-bond donors (Lipinski definition) is 3. The molecular formula is C26H33N5O4. The van der Waals surface area contributed by atoms with E-state index >= 15 is 0 Å². The number of carbonyl (C=O) groups excluding carboxylic acids is 1. The first-order chi connectivity index (χ1) is 16.8. The molecule has 0 atom stereocenters. The van der Waals surface area contributed by atoms with E-state index in [0.29, 0.717) is 18.2 Å². The number of benzene rings is 2. The van der Waals surface area contributed by atoms with Crippen LogP contribution in [0.25, 0.3) is 0 Å². The van der Waals surface area contributed by atoms with Gasteiger partial charge in [-0.1, -0.05) is 30.3 Å². The monoisotopic (exact) mass is 479 g/mol. The van der Waals surface area contributed by atoms with Crippen molar-refractivity contribution in [2.24, 2.45) is 0 Å². The lowest BCUT2D eigenvalue weighted by Gasteiger charge is -2.27. The van der Waals surface area contributed by atoms with Crippen molar-refractivity contribution in [1.82, 2.24) is 9.55 Å². The fraction of sp³-hybridized carbons (Fsp3) is 0.346. The van der Waals surface area contributed by atoms with Gasteiger partial charge < -0.3 is 20.3 Å². The molecule has 1 aromatic heterocycles. The quantitative estimate of drug-likeness (QED) is 0.390. The molecule has 0 radical (unpaired) electrons. The molecule has 0 bridgehead atoms. The Labute approximate surface area is 204 Å². The van der Waals surface area contributed by atoms with E-state index in [4.69, 9.17) is 4.74 Å². The summed E-state index contributed by atoms with van der Waals surface area (Å²) in [5.74, 6) is -0.332. The Balaban J connectivity index is 1.94. The third kappa shape index (κ3) is 6.39. The molecule has 0 saturated carbocycles. The van der Waals surface area contributed by atoms with E-state index < -0.39 is 17.2 Å². The van der Waals surface area contributed by atoms with E-state index in [1.165, 1.54) is 11.7 Å². The Kier molecular flexibility index (Phi) is 8.86. The number of ether oxygens (including phenoxy) is 1. The van der Waals surface area contributed by atoms with Gasteiger partial charge in [-0.05, 0) is 50.6 Å². The number of nitrogens with one attached hydrogen (secondary N) is 3. The first kappa shape index (κ1) is 25.8. The molecule has 9 heteroatoms. The first-order valence-corrected chi connectivity index (χ1v) is 11.7. The fourth-order valence-corrected chi connectivity index (χ4v) is 3.88. The van der Waals surface area contributed by atoms with Crippen LogP contribution in [0.4, 0.5) is 17.2 Å². The van der Waals surface area contributed by atoms with Gasteiger partial charge >= 0.3 is 5.69 Å². The normalized spacial score (nSPS) is 10.9. The summed E-state index contributed by atoms with van der Waals surface area (Å²) >= 11 is 0. The number of carbonyl (C=O) groups is 1. The summed E-state index contributed by atoms with van der Waals surface area (Å²) < 4.78 is 6.41. The molecule has 3 N–H and O–H groups in total. The molecule has 0 aliphatic rings. The van der Waals surface area contributed by atoms with E-state index in [0.717, 1.165) is 17.8 Å². The van der Waals surface area contributed by atoms with Crippen LogP contribution in [0, 0.1) is 0 Å². The van der Waals surface area contributed by atoms with Crippen LogP contribution in [0.15, 0.2) is 64.2 Å². The van der Waals surface area contributed by atoms with Crippen molar-refractivity contribution in [2.75, 3.05) is 35.8 Å². The van der Waals surface area contributed by atoms with Gasteiger partial charge in [-0.15, -0.1) is 0 Å². The standard InChI is InChI=1S/C26H33N5O4/c1-5-30(18(2)3)21-13-11-20(12-14-21)24(32)28-23-22(27-17-19-9-7-6-8-10-19)25(33)29-26(34)31(23)15-16-35-4/h6-14,18,27H,5,15-17H2,1-4H3,(H,28,32)(H,29,33,34). The minimum absolute atomic E-state index is 0.0955. The van der Waals surface area contributed by atoms with E-state index in [9.17, 15) is 14.4 Å².